The monoisotopic (exact) mass is 379 g/mol. The molecule has 0 aliphatic carbocycles. The molecule has 144 valence electrons. The van der Waals surface area contributed by atoms with Gasteiger partial charge in [-0.05, 0) is 43.7 Å². The Labute approximate surface area is 161 Å². The predicted octanol–water partition coefficient (Wildman–Crippen LogP) is 2.73. The third kappa shape index (κ3) is 4.82. The van der Waals surface area contributed by atoms with Crippen molar-refractivity contribution in [2.24, 2.45) is 0 Å². The fourth-order valence-corrected chi connectivity index (χ4v) is 2.75. The highest BCUT2D eigenvalue weighted by Crippen LogP contribution is 2.11. The summed E-state index contributed by atoms with van der Waals surface area (Å²) in [4.78, 5) is 43.3. The maximum atomic E-state index is 12.2. The van der Waals surface area contributed by atoms with E-state index in [2.05, 4.69) is 15.3 Å². The molecule has 3 rings (SSSR count). The number of benzene rings is 2. The Morgan fingerprint density at radius 1 is 1.18 bits per heavy atom. The number of aryl methyl sites for hydroxylation is 2. The van der Waals surface area contributed by atoms with E-state index in [1.165, 1.54) is 6.92 Å². The number of para-hydroxylation sites is 1. The van der Waals surface area contributed by atoms with Crippen molar-refractivity contribution in [1.29, 1.82) is 0 Å². The van der Waals surface area contributed by atoms with Crippen LogP contribution in [0.1, 0.15) is 24.7 Å². The number of carbonyl (C=O) groups is 2. The molecule has 7 heteroatoms. The molecule has 1 amide bonds. The summed E-state index contributed by atoms with van der Waals surface area (Å²) in [5.74, 6) is -0.545. The Balaban J connectivity index is 1.55. The average Bonchev–Trinajstić information content (AvgIpc) is 2.66. The normalized spacial score (nSPS) is 11.8. The van der Waals surface area contributed by atoms with Crippen molar-refractivity contribution in [1.82, 2.24) is 9.97 Å². The largest absolute Gasteiger partial charge is 0.453 e. The lowest BCUT2D eigenvalue weighted by Gasteiger charge is -2.13. The summed E-state index contributed by atoms with van der Waals surface area (Å²) in [6, 6.07) is 14.3. The van der Waals surface area contributed by atoms with Crippen molar-refractivity contribution in [3.05, 3.63) is 70.3 Å². The molecule has 0 fully saturated rings. The topological polar surface area (TPSA) is 101 Å². The third-order valence-electron chi connectivity index (χ3n) is 4.19. The van der Waals surface area contributed by atoms with Crippen LogP contribution < -0.4 is 10.9 Å². The number of hydrogen-bond acceptors (Lipinski definition) is 5. The number of fused-ring (bicyclic) bond motifs is 1. The summed E-state index contributed by atoms with van der Waals surface area (Å²) < 4.78 is 5.18. The molecule has 2 N–H and O–H groups in total. The second kappa shape index (κ2) is 8.47. The highest BCUT2D eigenvalue weighted by molar-refractivity contribution is 5.95. The molecule has 1 atom stereocenters. The van der Waals surface area contributed by atoms with Crippen molar-refractivity contribution in [3.63, 3.8) is 0 Å². The lowest BCUT2D eigenvalue weighted by Crippen LogP contribution is -2.30. The van der Waals surface area contributed by atoms with Crippen LogP contribution in [0.4, 0.5) is 5.69 Å². The van der Waals surface area contributed by atoms with Crippen LogP contribution >= 0.6 is 0 Å². The maximum absolute atomic E-state index is 12.2. The van der Waals surface area contributed by atoms with E-state index in [4.69, 9.17) is 4.74 Å². The van der Waals surface area contributed by atoms with E-state index in [-0.39, 0.29) is 18.4 Å². The van der Waals surface area contributed by atoms with E-state index in [9.17, 15) is 14.4 Å². The minimum atomic E-state index is -0.934. The Bertz CT molecular complexity index is 1070. The Kier molecular flexibility index (Phi) is 5.84. The number of nitrogens with one attached hydrogen (secondary N) is 2. The number of aromatic amines is 1. The number of hydrogen-bond donors (Lipinski definition) is 2. The molecule has 0 aliphatic heterocycles. The molecule has 0 aliphatic rings. The van der Waals surface area contributed by atoms with E-state index in [1.807, 2.05) is 25.1 Å². The van der Waals surface area contributed by atoms with Crippen LogP contribution in [-0.2, 0) is 20.7 Å². The number of ether oxygens (including phenoxy) is 1. The van der Waals surface area contributed by atoms with Crippen molar-refractivity contribution in [2.75, 3.05) is 5.32 Å². The van der Waals surface area contributed by atoms with Gasteiger partial charge in [-0.3, -0.25) is 14.4 Å². The van der Waals surface area contributed by atoms with E-state index in [1.54, 1.807) is 30.3 Å². The van der Waals surface area contributed by atoms with E-state index < -0.39 is 18.0 Å². The van der Waals surface area contributed by atoms with Crippen LogP contribution in [0.5, 0.6) is 0 Å². The third-order valence-corrected chi connectivity index (χ3v) is 4.19. The number of rotatable bonds is 6. The zero-order chi connectivity index (χ0) is 20.1. The molecular weight excluding hydrogens is 358 g/mol. The first-order valence-corrected chi connectivity index (χ1v) is 8.97. The zero-order valence-electron chi connectivity index (χ0n) is 15.7. The summed E-state index contributed by atoms with van der Waals surface area (Å²) in [7, 11) is 0. The second-order valence-corrected chi connectivity index (χ2v) is 6.52. The van der Waals surface area contributed by atoms with Crippen LogP contribution in [-0.4, -0.2) is 27.9 Å². The number of carbonyl (C=O) groups excluding carboxylic acids is 2. The van der Waals surface area contributed by atoms with Crippen LogP contribution in [0.15, 0.2) is 53.3 Å². The molecule has 7 nitrogen and oxygen atoms in total. The first kappa shape index (κ1) is 19.3. The van der Waals surface area contributed by atoms with Gasteiger partial charge < -0.3 is 15.0 Å². The van der Waals surface area contributed by atoms with Gasteiger partial charge in [0.25, 0.3) is 11.5 Å². The Morgan fingerprint density at radius 3 is 2.75 bits per heavy atom. The number of esters is 1. The highest BCUT2D eigenvalue weighted by atomic mass is 16.5. The minimum absolute atomic E-state index is 0.00332. The van der Waals surface area contributed by atoms with E-state index in [0.29, 0.717) is 22.4 Å². The van der Waals surface area contributed by atoms with Crippen LogP contribution in [0.3, 0.4) is 0 Å². The number of nitrogens with zero attached hydrogens (tertiary/aromatic N) is 1. The average molecular weight is 379 g/mol. The first-order chi connectivity index (χ1) is 13.4. The fourth-order valence-electron chi connectivity index (χ4n) is 2.75. The number of amides is 1. The Morgan fingerprint density at radius 2 is 1.96 bits per heavy atom. The second-order valence-electron chi connectivity index (χ2n) is 6.52. The minimum Gasteiger partial charge on any atom is -0.453 e. The fraction of sp³-hybridized carbons (Fsp3) is 0.238. The SMILES string of the molecule is Cc1cccc(NC(=O)[C@H](C)OC(=O)CCc2nc3ccccc3c(=O)[nH]2)c1. The quantitative estimate of drug-likeness (QED) is 0.641. The Hall–Kier alpha value is -3.48. The van der Waals surface area contributed by atoms with Crippen molar-refractivity contribution in [3.8, 4) is 0 Å². The molecule has 0 radical (unpaired) electrons. The summed E-state index contributed by atoms with van der Waals surface area (Å²) in [5, 5.41) is 3.21. The number of anilines is 1. The molecule has 1 heterocycles. The lowest BCUT2D eigenvalue weighted by atomic mass is 10.2. The molecular formula is C21H21N3O4. The number of H-pyrrole nitrogens is 1. The predicted molar refractivity (Wildman–Crippen MR) is 106 cm³/mol. The van der Waals surface area contributed by atoms with Gasteiger partial charge in [-0.15, -0.1) is 0 Å². The smallest absolute Gasteiger partial charge is 0.307 e. The van der Waals surface area contributed by atoms with Gasteiger partial charge in [-0.1, -0.05) is 24.3 Å². The lowest BCUT2D eigenvalue weighted by molar-refractivity contribution is -0.153. The molecule has 0 bridgehead atoms. The molecule has 1 aromatic heterocycles. The molecule has 28 heavy (non-hydrogen) atoms. The van der Waals surface area contributed by atoms with Crippen LogP contribution in [0, 0.1) is 6.92 Å². The van der Waals surface area contributed by atoms with Crippen molar-refractivity contribution >= 4 is 28.5 Å². The van der Waals surface area contributed by atoms with Gasteiger partial charge >= 0.3 is 5.97 Å². The number of aromatic nitrogens is 2. The van der Waals surface area contributed by atoms with E-state index >= 15 is 0 Å². The molecule has 0 spiro atoms. The van der Waals surface area contributed by atoms with Gasteiger partial charge in [0.2, 0.25) is 0 Å². The summed E-state index contributed by atoms with van der Waals surface area (Å²) in [5.41, 5.74) is 1.98. The van der Waals surface area contributed by atoms with Gasteiger partial charge in [0.05, 0.1) is 17.3 Å². The van der Waals surface area contributed by atoms with Crippen molar-refractivity contribution in [2.45, 2.75) is 32.8 Å². The maximum Gasteiger partial charge on any atom is 0.307 e. The van der Waals surface area contributed by atoms with Gasteiger partial charge in [0.15, 0.2) is 6.10 Å². The van der Waals surface area contributed by atoms with Crippen LogP contribution in [0.25, 0.3) is 10.9 Å². The van der Waals surface area contributed by atoms with Crippen LogP contribution in [0.2, 0.25) is 0 Å². The molecule has 2 aromatic carbocycles. The molecule has 0 saturated carbocycles. The summed E-state index contributed by atoms with van der Waals surface area (Å²) >= 11 is 0. The van der Waals surface area contributed by atoms with Gasteiger partial charge in [0, 0.05) is 12.1 Å². The van der Waals surface area contributed by atoms with Gasteiger partial charge in [0.1, 0.15) is 5.82 Å². The summed E-state index contributed by atoms with van der Waals surface area (Å²) in [6.45, 7) is 3.43. The van der Waals surface area contributed by atoms with Crippen molar-refractivity contribution < 1.29 is 14.3 Å². The van der Waals surface area contributed by atoms with Gasteiger partial charge in [-0.25, -0.2) is 4.98 Å². The molecule has 0 unspecified atom stereocenters. The molecule has 0 saturated heterocycles. The molecule has 3 aromatic rings. The first-order valence-electron chi connectivity index (χ1n) is 8.97. The van der Waals surface area contributed by atoms with Gasteiger partial charge in [-0.2, -0.15) is 0 Å². The zero-order valence-corrected chi connectivity index (χ0v) is 15.7. The summed E-state index contributed by atoms with van der Waals surface area (Å²) in [6.07, 6.45) is -0.717. The standard InChI is InChI=1S/C21H21N3O4/c1-13-6-5-7-15(12-13)22-20(26)14(2)28-19(25)11-10-18-23-17-9-4-3-8-16(17)21(27)24-18/h3-9,12,14H,10-11H2,1-2H3,(H,22,26)(H,23,24,27)/t14-/m0/s1. The highest BCUT2D eigenvalue weighted by Gasteiger charge is 2.18. The van der Waals surface area contributed by atoms with E-state index in [0.717, 1.165) is 5.56 Å².